The summed E-state index contributed by atoms with van der Waals surface area (Å²) in [4.78, 5) is 0. The van der Waals surface area contributed by atoms with Crippen LogP contribution in [0.15, 0.2) is 18.2 Å². The van der Waals surface area contributed by atoms with Crippen molar-refractivity contribution in [3.8, 4) is 11.5 Å². The third-order valence-electron chi connectivity index (χ3n) is 4.46. The van der Waals surface area contributed by atoms with Gasteiger partial charge < -0.3 is 14.8 Å². The van der Waals surface area contributed by atoms with Crippen LogP contribution in [-0.4, -0.2) is 12.8 Å². The lowest BCUT2D eigenvalue weighted by molar-refractivity contribution is 0.174. The molecule has 0 aromatic heterocycles. The Hall–Kier alpha value is -1.38. The Balaban J connectivity index is 1.52. The molecule has 4 rings (SSSR count). The van der Waals surface area contributed by atoms with Crippen LogP contribution < -0.4 is 14.8 Å². The quantitative estimate of drug-likeness (QED) is 0.848. The molecule has 3 atom stereocenters. The van der Waals surface area contributed by atoms with E-state index >= 15 is 0 Å². The highest BCUT2D eigenvalue weighted by atomic mass is 16.7. The van der Waals surface area contributed by atoms with Gasteiger partial charge in [-0.15, -0.1) is 0 Å². The minimum absolute atomic E-state index is 0.354. The zero-order valence-corrected chi connectivity index (χ0v) is 9.82. The van der Waals surface area contributed by atoms with E-state index in [0.717, 1.165) is 23.3 Å². The van der Waals surface area contributed by atoms with Gasteiger partial charge in [-0.2, -0.15) is 0 Å². The van der Waals surface area contributed by atoms with Gasteiger partial charge in [-0.05, 0) is 43.2 Å². The first kappa shape index (κ1) is 9.63. The summed E-state index contributed by atoms with van der Waals surface area (Å²) in [6.07, 6.45) is 5.64. The molecule has 0 spiro atoms. The summed E-state index contributed by atoms with van der Waals surface area (Å²) in [5, 5.41) is 3.67. The van der Waals surface area contributed by atoms with E-state index in [9.17, 15) is 0 Å². The first-order chi connectivity index (χ1) is 8.38. The smallest absolute Gasteiger partial charge is 0.231 e. The van der Waals surface area contributed by atoms with Crippen molar-refractivity contribution in [2.75, 3.05) is 12.1 Å². The fourth-order valence-corrected chi connectivity index (χ4v) is 3.62. The lowest BCUT2D eigenvalue weighted by atomic mass is 9.95. The van der Waals surface area contributed by atoms with Gasteiger partial charge in [0.25, 0.3) is 0 Å². The third-order valence-corrected chi connectivity index (χ3v) is 4.46. The molecule has 3 nitrogen and oxygen atoms in total. The van der Waals surface area contributed by atoms with Gasteiger partial charge in [-0.3, -0.25) is 0 Å². The largest absolute Gasteiger partial charge is 0.454 e. The second kappa shape index (κ2) is 3.56. The van der Waals surface area contributed by atoms with E-state index in [1.807, 2.05) is 6.07 Å². The molecule has 17 heavy (non-hydrogen) atoms. The van der Waals surface area contributed by atoms with Crippen LogP contribution in [0.5, 0.6) is 11.5 Å². The van der Waals surface area contributed by atoms with Crippen LogP contribution in [0.2, 0.25) is 0 Å². The zero-order valence-electron chi connectivity index (χ0n) is 9.82. The third kappa shape index (κ3) is 1.56. The summed E-state index contributed by atoms with van der Waals surface area (Å²) >= 11 is 0. The van der Waals surface area contributed by atoms with Crippen molar-refractivity contribution >= 4 is 5.69 Å². The van der Waals surface area contributed by atoms with Crippen molar-refractivity contribution in [1.82, 2.24) is 0 Å². The number of benzene rings is 1. The number of anilines is 1. The van der Waals surface area contributed by atoms with Crippen LogP contribution in [0, 0.1) is 11.8 Å². The molecule has 3 aliphatic rings. The second-order valence-electron chi connectivity index (χ2n) is 5.49. The van der Waals surface area contributed by atoms with Crippen molar-refractivity contribution in [3.63, 3.8) is 0 Å². The second-order valence-corrected chi connectivity index (χ2v) is 5.49. The number of hydrogen-bond acceptors (Lipinski definition) is 3. The number of rotatable bonds is 2. The van der Waals surface area contributed by atoms with Gasteiger partial charge in [0.05, 0.1) is 0 Å². The first-order valence-electron chi connectivity index (χ1n) is 6.55. The number of fused-ring (bicyclic) bond motifs is 3. The number of ether oxygens (including phenoxy) is 2. The lowest BCUT2D eigenvalue weighted by Crippen LogP contribution is -2.25. The highest BCUT2D eigenvalue weighted by molar-refractivity contribution is 5.56. The summed E-state index contributed by atoms with van der Waals surface area (Å²) in [5.41, 5.74) is 1.17. The van der Waals surface area contributed by atoms with Crippen LogP contribution in [0.3, 0.4) is 0 Å². The molecule has 90 valence electrons. The zero-order chi connectivity index (χ0) is 11.2. The van der Waals surface area contributed by atoms with E-state index in [-0.39, 0.29) is 0 Å². The van der Waals surface area contributed by atoms with E-state index in [2.05, 4.69) is 17.4 Å². The molecule has 1 aliphatic heterocycles. The fraction of sp³-hybridized carbons (Fsp3) is 0.571. The highest BCUT2D eigenvalue weighted by Gasteiger charge is 2.39. The maximum atomic E-state index is 5.40. The molecule has 1 aromatic rings. The number of hydrogen-bond donors (Lipinski definition) is 1. The first-order valence-corrected chi connectivity index (χ1v) is 6.55. The van der Waals surface area contributed by atoms with Gasteiger partial charge >= 0.3 is 0 Å². The Morgan fingerprint density at radius 3 is 2.82 bits per heavy atom. The summed E-state index contributed by atoms with van der Waals surface area (Å²) in [7, 11) is 0. The molecule has 0 radical (unpaired) electrons. The fourth-order valence-electron chi connectivity index (χ4n) is 3.62. The minimum atomic E-state index is 0.354. The molecule has 3 heteroatoms. The predicted octanol–water partition coefficient (Wildman–Crippen LogP) is 3.02. The Morgan fingerprint density at radius 2 is 2.00 bits per heavy atom. The molecule has 1 heterocycles. The molecular weight excluding hydrogens is 214 g/mol. The van der Waals surface area contributed by atoms with E-state index in [1.165, 1.54) is 31.4 Å². The average Bonchev–Trinajstić information content (AvgIpc) is 3.03. The van der Waals surface area contributed by atoms with Crippen LogP contribution in [0.1, 0.15) is 25.7 Å². The van der Waals surface area contributed by atoms with Crippen molar-refractivity contribution in [2.45, 2.75) is 31.7 Å². The van der Waals surface area contributed by atoms with Crippen LogP contribution >= 0.6 is 0 Å². The van der Waals surface area contributed by atoms with E-state index in [4.69, 9.17) is 9.47 Å². The van der Waals surface area contributed by atoms with Crippen molar-refractivity contribution in [2.24, 2.45) is 11.8 Å². The summed E-state index contributed by atoms with van der Waals surface area (Å²) in [6.45, 7) is 0.354. The van der Waals surface area contributed by atoms with Gasteiger partial charge in [0.2, 0.25) is 6.79 Å². The topological polar surface area (TPSA) is 30.5 Å². The van der Waals surface area contributed by atoms with Gasteiger partial charge in [0.15, 0.2) is 11.5 Å². The maximum absolute atomic E-state index is 5.40. The van der Waals surface area contributed by atoms with Gasteiger partial charge in [-0.25, -0.2) is 0 Å². The predicted molar refractivity (Wildman–Crippen MR) is 65.4 cm³/mol. The molecule has 2 bridgehead atoms. The average molecular weight is 231 g/mol. The molecule has 2 fully saturated rings. The summed E-state index contributed by atoms with van der Waals surface area (Å²) < 4.78 is 10.7. The molecule has 2 saturated carbocycles. The van der Waals surface area contributed by atoms with Crippen molar-refractivity contribution in [1.29, 1.82) is 0 Å². The molecule has 1 aromatic carbocycles. The molecule has 2 aliphatic carbocycles. The van der Waals surface area contributed by atoms with Crippen molar-refractivity contribution in [3.05, 3.63) is 18.2 Å². The summed E-state index contributed by atoms with van der Waals surface area (Å²) in [6, 6.07) is 6.83. The maximum Gasteiger partial charge on any atom is 0.231 e. The summed E-state index contributed by atoms with van der Waals surface area (Å²) in [5.74, 6) is 3.61. The Bertz CT molecular complexity index is 446. The van der Waals surface area contributed by atoms with E-state index in [0.29, 0.717) is 12.8 Å². The van der Waals surface area contributed by atoms with E-state index in [1.54, 1.807) is 0 Å². The SMILES string of the molecule is c1cc2c(cc1N[C@@H]1C[C@H]3CC[C@@H]1C3)OCO2. The molecule has 0 saturated heterocycles. The minimum Gasteiger partial charge on any atom is -0.454 e. The molecule has 1 N–H and O–H groups in total. The van der Waals surface area contributed by atoms with Crippen LogP contribution in [0.4, 0.5) is 5.69 Å². The van der Waals surface area contributed by atoms with Crippen molar-refractivity contribution < 1.29 is 9.47 Å². The van der Waals surface area contributed by atoms with Gasteiger partial charge in [0.1, 0.15) is 0 Å². The van der Waals surface area contributed by atoms with Gasteiger partial charge in [0, 0.05) is 17.8 Å². The molecule has 0 amide bonds. The monoisotopic (exact) mass is 231 g/mol. The Morgan fingerprint density at radius 1 is 1.06 bits per heavy atom. The highest BCUT2D eigenvalue weighted by Crippen LogP contribution is 2.46. The van der Waals surface area contributed by atoms with E-state index < -0.39 is 0 Å². The van der Waals surface area contributed by atoms with Gasteiger partial charge in [-0.1, -0.05) is 6.42 Å². The number of nitrogens with one attached hydrogen (secondary N) is 1. The lowest BCUT2D eigenvalue weighted by Gasteiger charge is -2.24. The standard InChI is InChI=1S/C14H17NO2/c1-2-10-5-9(1)6-12(10)15-11-3-4-13-14(7-11)17-8-16-13/h3-4,7,9-10,12,15H,1-2,5-6,8H2/t9-,10+,12+/m0/s1. The molecular formula is C14H17NO2. The Labute approximate surface area is 101 Å². The normalized spacial score (nSPS) is 33.1. The Kier molecular flexibility index (Phi) is 2.01. The van der Waals surface area contributed by atoms with Crippen LogP contribution in [-0.2, 0) is 0 Å². The molecule has 0 unspecified atom stereocenters. The van der Waals surface area contributed by atoms with Crippen LogP contribution in [0.25, 0.3) is 0 Å².